The SMILES string of the molecule is CN(C)c1ccc(CCC(=O)n2sc3ncccc3c2=O)cn1. The van der Waals surface area contributed by atoms with Crippen LogP contribution in [0, 0.1) is 0 Å². The van der Waals surface area contributed by atoms with E-state index in [9.17, 15) is 9.59 Å². The highest BCUT2D eigenvalue weighted by molar-refractivity contribution is 7.14. The predicted molar refractivity (Wildman–Crippen MR) is 91.4 cm³/mol. The highest BCUT2D eigenvalue weighted by Crippen LogP contribution is 2.14. The van der Waals surface area contributed by atoms with Gasteiger partial charge in [-0.1, -0.05) is 6.07 Å². The molecule has 0 spiro atoms. The van der Waals surface area contributed by atoms with Crippen LogP contribution in [0.5, 0.6) is 0 Å². The molecule has 0 amide bonds. The fraction of sp³-hybridized carbons (Fsp3) is 0.250. The van der Waals surface area contributed by atoms with E-state index < -0.39 is 0 Å². The number of carbonyl (C=O) groups excluding carboxylic acids is 1. The van der Waals surface area contributed by atoms with Gasteiger partial charge in [0.05, 0.1) is 5.39 Å². The van der Waals surface area contributed by atoms with Crippen molar-refractivity contribution in [2.75, 3.05) is 19.0 Å². The number of pyridine rings is 2. The summed E-state index contributed by atoms with van der Waals surface area (Å²) in [6.45, 7) is 0. The van der Waals surface area contributed by atoms with E-state index in [0.29, 0.717) is 16.6 Å². The molecule has 3 aromatic rings. The first-order chi connectivity index (χ1) is 11.1. The third kappa shape index (κ3) is 3.14. The molecule has 0 saturated carbocycles. The van der Waals surface area contributed by atoms with Crippen LogP contribution in [0.1, 0.15) is 16.8 Å². The molecule has 0 aliphatic carbocycles. The molecule has 3 aromatic heterocycles. The fourth-order valence-corrected chi connectivity index (χ4v) is 3.12. The van der Waals surface area contributed by atoms with Crippen molar-refractivity contribution in [2.24, 2.45) is 0 Å². The molecular formula is C16H16N4O2S. The number of hydrogen-bond donors (Lipinski definition) is 0. The van der Waals surface area contributed by atoms with E-state index in [1.54, 1.807) is 24.5 Å². The summed E-state index contributed by atoms with van der Waals surface area (Å²) in [4.78, 5) is 35.4. The number of aryl methyl sites for hydroxylation is 1. The second-order valence-electron chi connectivity index (χ2n) is 5.36. The minimum atomic E-state index is -0.288. The molecule has 6 nitrogen and oxygen atoms in total. The summed E-state index contributed by atoms with van der Waals surface area (Å²) in [7, 11) is 3.85. The van der Waals surface area contributed by atoms with Crippen LogP contribution in [0.3, 0.4) is 0 Å². The first-order valence-electron chi connectivity index (χ1n) is 7.19. The van der Waals surface area contributed by atoms with Gasteiger partial charge in [-0.2, -0.15) is 3.96 Å². The van der Waals surface area contributed by atoms with Crippen LogP contribution >= 0.6 is 11.5 Å². The first-order valence-corrected chi connectivity index (χ1v) is 7.96. The van der Waals surface area contributed by atoms with E-state index in [-0.39, 0.29) is 17.9 Å². The Labute approximate surface area is 137 Å². The van der Waals surface area contributed by atoms with Gasteiger partial charge in [0.25, 0.3) is 5.56 Å². The van der Waals surface area contributed by atoms with Gasteiger partial charge in [0.15, 0.2) is 0 Å². The van der Waals surface area contributed by atoms with Gasteiger partial charge in [0.1, 0.15) is 10.6 Å². The fourth-order valence-electron chi connectivity index (χ4n) is 2.21. The van der Waals surface area contributed by atoms with Crippen LogP contribution in [0.25, 0.3) is 10.2 Å². The molecule has 0 aromatic carbocycles. The van der Waals surface area contributed by atoms with E-state index in [0.717, 1.165) is 22.9 Å². The lowest BCUT2D eigenvalue weighted by atomic mass is 10.1. The minimum Gasteiger partial charge on any atom is -0.363 e. The van der Waals surface area contributed by atoms with Crippen molar-refractivity contribution in [1.82, 2.24) is 13.9 Å². The maximum atomic E-state index is 12.3. The highest BCUT2D eigenvalue weighted by Gasteiger charge is 2.14. The van der Waals surface area contributed by atoms with Gasteiger partial charge in [-0.15, -0.1) is 0 Å². The molecule has 7 heteroatoms. The smallest absolute Gasteiger partial charge is 0.277 e. The van der Waals surface area contributed by atoms with E-state index in [2.05, 4.69) is 9.97 Å². The zero-order chi connectivity index (χ0) is 16.4. The van der Waals surface area contributed by atoms with Gasteiger partial charge < -0.3 is 4.90 Å². The molecule has 0 fully saturated rings. The van der Waals surface area contributed by atoms with Gasteiger partial charge in [-0.3, -0.25) is 9.59 Å². The van der Waals surface area contributed by atoms with Crippen LogP contribution in [-0.4, -0.2) is 33.9 Å². The summed E-state index contributed by atoms with van der Waals surface area (Å²) >= 11 is 1.09. The van der Waals surface area contributed by atoms with Crippen molar-refractivity contribution < 1.29 is 4.79 Å². The van der Waals surface area contributed by atoms with Gasteiger partial charge in [-0.05, 0) is 41.7 Å². The Hall–Kier alpha value is -2.54. The lowest BCUT2D eigenvalue weighted by Crippen LogP contribution is -2.21. The summed E-state index contributed by atoms with van der Waals surface area (Å²) in [5.74, 6) is 0.654. The third-order valence-corrected chi connectivity index (χ3v) is 4.54. The maximum absolute atomic E-state index is 12.3. The van der Waals surface area contributed by atoms with E-state index in [4.69, 9.17) is 0 Å². The second kappa shape index (κ2) is 6.29. The van der Waals surface area contributed by atoms with Crippen LogP contribution in [0.2, 0.25) is 0 Å². The van der Waals surface area contributed by atoms with Gasteiger partial charge >= 0.3 is 0 Å². The Bertz CT molecular complexity index is 896. The lowest BCUT2D eigenvalue weighted by molar-refractivity contribution is 0.0912. The second-order valence-corrected chi connectivity index (χ2v) is 6.29. The van der Waals surface area contributed by atoms with E-state index in [1.165, 1.54) is 3.96 Å². The number of aromatic nitrogens is 3. The zero-order valence-electron chi connectivity index (χ0n) is 12.9. The van der Waals surface area contributed by atoms with Crippen molar-refractivity contribution in [3.8, 4) is 0 Å². The zero-order valence-corrected chi connectivity index (χ0v) is 13.7. The Morgan fingerprint density at radius 2 is 2.09 bits per heavy atom. The molecule has 3 heterocycles. The van der Waals surface area contributed by atoms with Gasteiger partial charge in [0.2, 0.25) is 5.91 Å². The Morgan fingerprint density at radius 1 is 1.26 bits per heavy atom. The number of rotatable bonds is 4. The predicted octanol–water partition coefficient (Wildman–Crippen LogP) is 2.19. The highest BCUT2D eigenvalue weighted by atomic mass is 32.1. The molecule has 0 aliphatic heterocycles. The largest absolute Gasteiger partial charge is 0.363 e. The number of nitrogens with zero attached hydrogens (tertiary/aromatic N) is 4. The van der Waals surface area contributed by atoms with Crippen molar-refractivity contribution in [3.63, 3.8) is 0 Å². The normalized spacial score (nSPS) is 10.9. The quantitative estimate of drug-likeness (QED) is 0.734. The van der Waals surface area contributed by atoms with Crippen molar-refractivity contribution >= 4 is 33.5 Å². The Kier molecular flexibility index (Phi) is 4.20. The first kappa shape index (κ1) is 15.4. The molecular weight excluding hydrogens is 312 g/mol. The minimum absolute atomic E-state index is 0.213. The van der Waals surface area contributed by atoms with Gasteiger partial charge in [-0.25, -0.2) is 9.97 Å². The van der Waals surface area contributed by atoms with Crippen LogP contribution in [-0.2, 0) is 6.42 Å². The topological polar surface area (TPSA) is 68.1 Å². The molecule has 0 unspecified atom stereocenters. The summed E-state index contributed by atoms with van der Waals surface area (Å²) < 4.78 is 1.19. The molecule has 0 bridgehead atoms. The molecule has 0 saturated heterocycles. The molecule has 23 heavy (non-hydrogen) atoms. The number of hydrogen-bond acceptors (Lipinski definition) is 6. The summed E-state index contributed by atoms with van der Waals surface area (Å²) in [5.41, 5.74) is 0.681. The average Bonchev–Trinajstić information content (AvgIpc) is 2.90. The van der Waals surface area contributed by atoms with Crippen molar-refractivity contribution in [3.05, 3.63) is 52.6 Å². The monoisotopic (exact) mass is 328 g/mol. The molecule has 0 atom stereocenters. The van der Waals surface area contributed by atoms with Gasteiger partial charge in [0, 0.05) is 32.9 Å². The standard InChI is InChI=1S/C16H16N4O2S/c1-19(2)13-7-5-11(10-18-13)6-8-14(21)20-16(22)12-4-3-9-17-15(12)23-20/h3-5,7,9-10H,6,8H2,1-2H3. The number of carbonyl (C=O) groups is 1. The van der Waals surface area contributed by atoms with Crippen LogP contribution < -0.4 is 10.5 Å². The third-order valence-electron chi connectivity index (χ3n) is 3.49. The molecule has 3 rings (SSSR count). The number of anilines is 1. The van der Waals surface area contributed by atoms with Crippen LogP contribution in [0.4, 0.5) is 5.82 Å². The maximum Gasteiger partial charge on any atom is 0.277 e. The molecule has 0 N–H and O–H groups in total. The Balaban J connectivity index is 1.73. The Morgan fingerprint density at radius 3 is 2.74 bits per heavy atom. The van der Waals surface area contributed by atoms with Crippen molar-refractivity contribution in [1.29, 1.82) is 0 Å². The lowest BCUT2D eigenvalue weighted by Gasteiger charge is -2.11. The molecule has 0 radical (unpaired) electrons. The van der Waals surface area contributed by atoms with E-state index >= 15 is 0 Å². The molecule has 0 aliphatic rings. The van der Waals surface area contributed by atoms with Crippen molar-refractivity contribution in [2.45, 2.75) is 12.8 Å². The van der Waals surface area contributed by atoms with Crippen LogP contribution in [0.15, 0.2) is 41.5 Å². The average molecular weight is 328 g/mol. The summed E-state index contributed by atoms with van der Waals surface area (Å²) in [6, 6.07) is 7.25. The summed E-state index contributed by atoms with van der Waals surface area (Å²) in [5, 5.41) is 0.489. The molecule has 118 valence electrons. The number of fused-ring (bicyclic) bond motifs is 1. The van der Waals surface area contributed by atoms with E-state index in [1.807, 2.05) is 31.1 Å². The summed E-state index contributed by atoms with van der Waals surface area (Å²) in [6.07, 6.45) is 4.19.